The smallest absolute Gasteiger partial charge is 0.164 e. The molecule has 242 valence electrons. The van der Waals surface area contributed by atoms with Crippen LogP contribution in [-0.4, -0.2) is 15.0 Å². The van der Waals surface area contributed by atoms with Crippen LogP contribution in [0.5, 0.6) is 0 Å². The van der Waals surface area contributed by atoms with Gasteiger partial charge in [0.15, 0.2) is 17.5 Å². The fraction of sp³-hybridized carbons (Fsp3) is 0. The van der Waals surface area contributed by atoms with E-state index in [4.69, 9.17) is 30.0 Å². The fourth-order valence-corrected chi connectivity index (χ4v) is 6.32. The van der Waals surface area contributed by atoms with Crippen LogP contribution in [0.2, 0.25) is 0 Å². The van der Waals surface area contributed by atoms with Gasteiger partial charge in [-0.2, -0.15) is 0 Å². The lowest BCUT2D eigenvalue weighted by atomic mass is 9.97. The Morgan fingerprint density at radius 2 is 0.904 bits per heavy atom. The standard InChI is InChI=1S/C49H31N3/c1-2-10-32(11-3-1)37-20-21-40-28-38(22-23-39(40)27-37)36-16-8-17-42(29-36)47-50-48(52-49(51-47)46-19-9-15-33-12-6-7-18-45(33)46)43-25-24-41-26-34-13-4-5-14-35(34)30-44(41)31-43/h1-31H/i1D,2D,3D,8D,10D,11D,16D,17D,20D,21D,22D,23D,27D,28D,29D. The minimum absolute atomic E-state index is 0.158. The third-order valence-corrected chi connectivity index (χ3v) is 8.85. The molecule has 0 N–H and O–H groups in total. The Labute approximate surface area is 322 Å². The van der Waals surface area contributed by atoms with Crippen molar-refractivity contribution in [2.24, 2.45) is 0 Å². The van der Waals surface area contributed by atoms with Gasteiger partial charge in [-0.05, 0) is 102 Å². The van der Waals surface area contributed by atoms with Gasteiger partial charge in [0.05, 0.1) is 20.6 Å². The molecular formula is C49H31N3. The molecule has 0 unspecified atom stereocenters. The SMILES string of the molecule is [2H]c1c([2H])c([2H])c(-c2c([2H])c([2H])c3c([2H])c(-c4c([2H])c([2H])c([2H])c(-c5nc(-c6ccc7cc8ccccc8cc7c6)nc(-c6cccc7ccccc67)n5)c4[2H])c([2H])c([2H])c3c2[2H])c([2H])c1[2H]. The molecule has 10 rings (SSSR count). The molecule has 0 fully saturated rings. The van der Waals surface area contributed by atoms with E-state index >= 15 is 0 Å². The summed E-state index contributed by atoms with van der Waals surface area (Å²) in [5.74, 6) is 0.0945. The van der Waals surface area contributed by atoms with E-state index < -0.39 is 124 Å². The summed E-state index contributed by atoms with van der Waals surface area (Å²) in [6.45, 7) is 0. The zero-order chi connectivity index (χ0) is 47.5. The molecule has 0 amide bonds. The number of hydrogen-bond donors (Lipinski definition) is 0. The number of benzene rings is 9. The highest BCUT2D eigenvalue weighted by Crippen LogP contribution is 2.34. The number of hydrogen-bond acceptors (Lipinski definition) is 3. The van der Waals surface area contributed by atoms with Crippen molar-refractivity contribution in [2.75, 3.05) is 0 Å². The van der Waals surface area contributed by atoms with E-state index in [-0.39, 0.29) is 23.0 Å². The Morgan fingerprint density at radius 1 is 0.327 bits per heavy atom. The number of fused-ring (bicyclic) bond motifs is 4. The van der Waals surface area contributed by atoms with Gasteiger partial charge in [-0.1, -0.05) is 151 Å². The molecule has 0 radical (unpaired) electrons. The fourth-order valence-electron chi connectivity index (χ4n) is 6.32. The minimum atomic E-state index is -0.797. The van der Waals surface area contributed by atoms with Gasteiger partial charge in [0, 0.05) is 16.7 Å². The molecule has 1 heterocycles. The first-order valence-corrected chi connectivity index (χ1v) is 16.4. The van der Waals surface area contributed by atoms with Gasteiger partial charge in [-0.25, -0.2) is 15.0 Å². The average Bonchev–Trinajstić information content (AvgIpc) is 3.33. The van der Waals surface area contributed by atoms with E-state index in [0.717, 1.165) is 32.3 Å². The lowest BCUT2D eigenvalue weighted by molar-refractivity contribution is 1.08. The van der Waals surface area contributed by atoms with Crippen LogP contribution in [0.4, 0.5) is 0 Å². The third-order valence-electron chi connectivity index (χ3n) is 8.85. The van der Waals surface area contributed by atoms with Gasteiger partial charge in [0.1, 0.15) is 0 Å². The van der Waals surface area contributed by atoms with E-state index in [1.807, 2.05) is 91.0 Å². The number of rotatable bonds is 5. The molecule has 9 aromatic carbocycles. The average molecular weight is 677 g/mol. The number of aromatic nitrogens is 3. The van der Waals surface area contributed by atoms with Gasteiger partial charge in [-0.15, -0.1) is 0 Å². The van der Waals surface area contributed by atoms with Gasteiger partial charge in [0.25, 0.3) is 0 Å². The Kier molecular flexibility index (Phi) is 4.37. The minimum Gasteiger partial charge on any atom is -0.208 e. The van der Waals surface area contributed by atoms with Crippen LogP contribution in [0, 0.1) is 0 Å². The zero-order valence-corrected chi connectivity index (χ0v) is 27.1. The van der Waals surface area contributed by atoms with Crippen molar-refractivity contribution in [3.63, 3.8) is 0 Å². The second kappa shape index (κ2) is 12.4. The Morgan fingerprint density at radius 3 is 1.69 bits per heavy atom. The summed E-state index contributed by atoms with van der Waals surface area (Å²) in [7, 11) is 0. The third kappa shape index (κ3) is 5.46. The van der Waals surface area contributed by atoms with E-state index in [0.29, 0.717) is 11.1 Å². The van der Waals surface area contributed by atoms with Crippen LogP contribution in [-0.2, 0) is 0 Å². The molecular weight excluding hydrogens is 631 g/mol. The van der Waals surface area contributed by atoms with Crippen LogP contribution < -0.4 is 0 Å². The Bertz CT molecular complexity index is 3800. The van der Waals surface area contributed by atoms with Crippen molar-refractivity contribution >= 4 is 43.1 Å². The first-order valence-electron chi connectivity index (χ1n) is 23.9. The Balaban J connectivity index is 1.24. The second-order valence-corrected chi connectivity index (χ2v) is 12.1. The van der Waals surface area contributed by atoms with E-state index in [1.165, 1.54) is 0 Å². The highest BCUT2D eigenvalue weighted by Gasteiger charge is 2.15. The molecule has 3 heteroatoms. The van der Waals surface area contributed by atoms with Crippen molar-refractivity contribution in [2.45, 2.75) is 0 Å². The van der Waals surface area contributed by atoms with E-state index in [9.17, 15) is 5.48 Å². The van der Waals surface area contributed by atoms with Gasteiger partial charge in [0.2, 0.25) is 0 Å². The summed E-state index contributed by atoms with van der Waals surface area (Å²) in [5, 5.41) is 4.58. The Hall–Kier alpha value is -6.97. The largest absolute Gasteiger partial charge is 0.208 e. The molecule has 10 aromatic rings. The van der Waals surface area contributed by atoms with Crippen LogP contribution in [0.1, 0.15) is 20.6 Å². The maximum Gasteiger partial charge on any atom is 0.164 e. The zero-order valence-electron chi connectivity index (χ0n) is 42.1. The van der Waals surface area contributed by atoms with Crippen molar-refractivity contribution in [3.05, 3.63) is 188 Å². The van der Waals surface area contributed by atoms with Crippen molar-refractivity contribution in [3.8, 4) is 56.4 Å². The highest BCUT2D eigenvalue weighted by molar-refractivity contribution is 6.00. The quantitative estimate of drug-likeness (QED) is 0.170. The van der Waals surface area contributed by atoms with Gasteiger partial charge < -0.3 is 0 Å². The molecule has 1 aromatic heterocycles. The monoisotopic (exact) mass is 676 g/mol. The predicted molar refractivity (Wildman–Crippen MR) is 217 cm³/mol. The molecule has 0 aliphatic rings. The van der Waals surface area contributed by atoms with Crippen LogP contribution in [0.15, 0.2) is 188 Å². The van der Waals surface area contributed by atoms with Crippen LogP contribution >= 0.6 is 0 Å². The topological polar surface area (TPSA) is 38.7 Å². The predicted octanol–water partition coefficient (Wildman–Crippen LogP) is 12.8. The summed E-state index contributed by atoms with van der Waals surface area (Å²) in [6.07, 6.45) is 0. The summed E-state index contributed by atoms with van der Waals surface area (Å²) in [4.78, 5) is 14.6. The first-order chi connectivity index (χ1) is 32.0. The molecule has 0 spiro atoms. The molecule has 52 heavy (non-hydrogen) atoms. The van der Waals surface area contributed by atoms with Crippen molar-refractivity contribution in [1.82, 2.24) is 15.0 Å². The van der Waals surface area contributed by atoms with Gasteiger partial charge in [-0.3, -0.25) is 0 Å². The lowest BCUT2D eigenvalue weighted by Crippen LogP contribution is -2.00. The van der Waals surface area contributed by atoms with Crippen molar-refractivity contribution < 1.29 is 20.6 Å². The van der Waals surface area contributed by atoms with Gasteiger partial charge >= 0.3 is 0 Å². The summed E-state index contributed by atoms with van der Waals surface area (Å²) in [6, 6.07) is 19.8. The van der Waals surface area contributed by atoms with Crippen LogP contribution in [0.25, 0.3) is 99.5 Å². The van der Waals surface area contributed by atoms with E-state index in [2.05, 4.69) is 6.07 Å². The normalized spacial score (nSPS) is 15.5. The first kappa shape index (κ1) is 18.3. The number of nitrogens with zero attached hydrogens (tertiary/aromatic N) is 3. The second-order valence-electron chi connectivity index (χ2n) is 12.1. The maximum atomic E-state index is 9.66. The summed E-state index contributed by atoms with van der Waals surface area (Å²) in [5.41, 5.74) is -1.41. The molecule has 0 aliphatic carbocycles. The highest BCUT2D eigenvalue weighted by atomic mass is 15.0. The van der Waals surface area contributed by atoms with E-state index in [1.54, 1.807) is 0 Å². The molecule has 0 aliphatic heterocycles. The molecule has 0 bridgehead atoms. The molecule has 3 nitrogen and oxygen atoms in total. The van der Waals surface area contributed by atoms with Crippen LogP contribution in [0.3, 0.4) is 0 Å². The maximum absolute atomic E-state index is 9.66. The lowest BCUT2D eigenvalue weighted by Gasteiger charge is -2.12. The molecule has 0 saturated carbocycles. The summed E-state index contributed by atoms with van der Waals surface area (Å²) >= 11 is 0. The van der Waals surface area contributed by atoms with Crippen molar-refractivity contribution in [1.29, 1.82) is 0 Å². The molecule has 0 atom stereocenters. The molecule has 0 saturated heterocycles. The summed E-state index contributed by atoms with van der Waals surface area (Å²) < 4.78 is 133.